The van der Waals surface area contributed by atoms with Crippen molar-refractivity contribution in [3.63, 3.8) is 0 Å². The maximum Gasteiger partial charge on any atom is 0.220 e. The first-order valence-electron chi connectivity index (χ1n) is 16.7. The zero-order chi connectivity index (χ0) is 27.7. The average Bonchev–Trinajstić information content (AvgIpc) is 3.27. The first-order valence-corrected chi connectivity index (χ1v) is 16.7. The van der Waals surface area contributed by atoms with Crippen molar-refractivity contribution in [2.75, 3.05) is 27.2 Å². The van der Waals surface area contributed by atoms with E-state index in [-0.39, 0.29) is 5.91 Å². The molecule has 0 aliphatic heterocycles. The summed E-state index contributed by atoms with van der Waals surface area (Å²) in [5.41, 5.74) is 2.53. The molecular formula is C36H59N2O+. The van der Waals surface area contributed by atoms with E-state index >= 15 is 0 Å². The molecule has 5 rings (SSSR count). The third kappa shape index (κ3) is 6.14. The molecule has 0 aromatic heterocycles. The summed E-state index contributed by atoms with van der Waals surface area (Å²) in [6.07, 6.45) is 17.6. The summed E-state index contributed by atoms with van der Waals surface area (Å²) < 4.78 is 0.958. The second-order valence-electron chi connectivity index (χ2n) is 15.7. The normalized spacial score (nSPS) is 36.9. The lowest BCUT2D eigenvalue weighted by atomic mass is 9.44. The van der Waals surface area contributed by atoms with Gasteiger partial charge >= 0.3 is 0 Å². The van der Waals surface area contributed by atoms with Crippen LogP contribution in [0.2, 0.25) is 0 Å². The summed E-state index contributed by atoms with van der Waals surface area (Å²) >= 11 is 0. The van der Waals surface area contributed by atoms with Gasteiger partial charge in [-0.2, -0.15) is 0 Å². The Balaban J connectivity index is 1.06. The van der Waals surface area contributed by atoms with Gasteiger partial charge < -0.3 is 9.80 Å². The molecule has 4 fully saturated rings. The predicted molar refractivity (Wildman–Crippen MR) is 163 cm³/mol. The van der Waals surface area contributed by atoms with Crippen molar-refractivity contribution in [3.8, 4) is 0 Å². The van der Waals surface area contributed by atoms with Crippen LogP contribution in [0.4, 0.5) is 0 Å². The molecule has 0 bridgehead atoms. The van der Waals surface area contributed by atoms with Crippen LogP contribution in [-0.2, 0) is 11.3 Å². The third-order valence-electron chi connectivity index (χ3n) is 12.9. The van der Waals surface area contributed by atoms with Crippen molar-refractivity contribution >= 4 is 5.91 Å². The first-order chi connectivity index (χ1) is 18.6. The number of fused-ring (bicyclic) bond motifs is 5. The Morgan fingerprint density at radius 1 is 0.949 bits per heavy atom. The summed E-state index contributed by atoms with van der Waals surface area (Å²) in [6, 6.07) is 10.7. The quantitative estimate of drug-likeness (QED) is 0.237. The molecule has 4 aliphatic carbocycles. The summed E-state index contributed by atoms with van der Waals surface area (Å²) in [7, 11) is 4.58. The zero-order valence-corrected chi connectivity index (χ0v) is 26.0. The summed E-state index contributed by atoms with van der Waals surface area (Å²) in [5, 5.41) is 3.25. The molecule has 4 aliphatic rings. The fourth-order valence-electron chi connectivity index (χ4n) is 10.8. The molecule has 3 nitrogen and oxygen atoms in total. The van der Waals surface area contributed by atoms with E-state index in [0.29, 0.717) is 23.2 Å². The molecule has 0 heterocycles. The van der Waals surface area contributed by atoms with Gasteiger partial charge in [0.2, 0.25) is 5.91 Å². The number of amides is 1. The molecule has 4 saturated carbocycles. The van der Waals surface area contributed by atoms with Crippen molar-refractivity contribution < 1.29 is 9.28 Å². The highest BCUT2D eigenvalue weighted by Gasteiger charge is 2.60. The Bertz CT molecular complexity index is 958. The minimum absolute atomic E-state index is 0.266. The fourth-order valence-corrected chi connectivity index (χ4v) is 10.8. The molecule has 1 aromatic rings. The lowest BCUT2D eigenvalue weighted by molar-refractivity contribution is -0.903. The highest BCUT2D eigenvalue weighted by molar-refractivity contribution is 5.75. The van der Waals surface area contributed by atoms with Crippen molar-refractivity contribution in [3.05, 3.63) is 35.9 Å². The van der Waals surface area contributed by atoms with Crippen molar-refractivity contribution in [1.82, 2.24) is 5.32 Å². The molecule has 39 heavy (non-hydrogen) atoms. The van der Waals surface area contributed by atoms with Gasteiger partial charge in [0.05, 0.1) is 20.6 Å². The van der Waals surface area contributed by atoms with Gasteiger partial charge in [-0.05, 0) is 104 Å². The minimum Gasteiger partial charge on any atom is -0.356 e. The Hall–Kier alpha value is -1.35. The Morgan fingerprint density at radius 2 is 1.72 bits per heavy atom. The van der Waals surface area contributed by atoms with Crippen LogP contribution in [0.3, 0.4) is 0 Å². The fraction of sp³-hybridized carbons (Fsp3) is 0.806. The third-order valence-corrected chi connectivity index (χ3v) is 12.9. The Morgan fingerprint density at radius 3 is 2.51 bits per heavy atom. The van der Waals surface area contributed by atoms with Crippen LogP contribution in [0.1, 0.15) is 110 Å². The van der Waals surface area contributed by atoms with E-state index in [1.165, 1.54) is 69.8 Å². The molecule has 0 saturated heterocycles. The highest BCUT2D eigenvalue weighted by Crippen LogP contribution is 2.68. The van der Waals surface area contributed by atoms with Crippen LogP contribution in [0.25, 0.3) is 0 Å². The molecule has 1 amide bonds. The number of nitrogens with one attached hydrogen (secondary N) is 1. The number of hydrogen-bond acceptors (Lipinski definition) is 1. The monoisotopic (exact) mass is 535 g/mol. The smallest absolute Gasteiger partial charge is 0.220 e. The zero-order valence-electron chi connectivity index (χ0n) is 26.0. The van der Waals surface area contributed by atoms with Crippen LogP contribution in [0.15, 0.2) is 30.3 Å². The SMILES string of the molecule is C[C@H](CCC(=O)NCCC[N+](C)(C)Cc1ccccc1)[C@H]1CC[C@H]2[C@@H]3CCC4CCCC[C@]4(C)[C@H]3CC[C@]12C. The maximum atomic E-state index is 12.8. The number of benzene rings is 1. The topological polar surface area (TPSA) is 29.1 Å². The molecule has 8 atom stereocenters. The van der Waals surface area contributed by atoms with Crippen LogP contribution in [0.5, 0.6) is 0 Å². The van der Waals surface area contributed by atoms with Gasteiger partial charge in [-0.1, -0.05) is 63.9 Å². The average molecular weight is 536 g/mol. The number of carbonyl (C=O) groups is 1. The van der Waals surface area contributed by atoms with Gasteiger partial charge in [0.1, 0.15) is 6.54 Å². The second-order valence-corrected chi connectivity index (χ2v) is 15.7. The number of rotatable bonds is 10. The van der Waals surface area contributed by atoms with Gasteiger partial charge in [-0.3, -0.25) is 4.79 Å². The molecular weight excluding hydrogens is 476 g/mol. The van der Waals surface area contributed by atoms with E-state index in [9.17, 15) is 4.79 Å². The van der Waals surface area contributed by atoms with Crippen molar-refractivity contribution in [1.29, 1.82) is 0 Å². The molecule has 1 N–H and O–H groups in total. The molecule has 1 aromatic carbocycles. The minimum atomic E-state index is 0.266. The molecule has 0 spiro atoms. The van der Waals surface area contributed by atoms with E-state index in [2.05, 4.69) is 70.5 Å². The van der Waals surface area contributed by atoms with E-state index in [1.54, 1.807) is 0 Å². The van der Waals surface area contributed by atoms with Crippen LogP contribution >= 0.6 is 0 Å². The maximum absolute atomic E-state index is 12.8. The number of quaternary nitrogens is 1. The lowest BCUT2D eigenvalue weighted by Crippen LogP contribution is -2.53. The molecule has 3 heteroatoms. The summed E-state index contributed by atoms with van der Waals surface area (Å²) in [4.78, 5) is 12.8. The Kier molecular flexibility index (Phi) is 8.87. The van der Waals surface area contributed by atoms with E-state index in [1.807, 2.05) is 0 Å². The van der Waals surface area contributed by atoms with Gasteiger partial charge in [-0.15, -0.1) is 0 Å². The lowest BCUT2D eigenvalue weighted by Gasteiger charge is -2.61. The van der Waals surface area contributed by atoms with Crippen LogP contribution < -0.4 is 5.32 Å². The van der Waals surface area contributed by atoms with E-state index < -0.39 is 0 Å². The summed E-state index contributed by atoms with van der Waals surface area (Å²) in [5.74, 6) is 5.66. The second kappa shape index (κ2) is 11.9. The van der Waals surface area contributed by atoms with E-state index in [0.717, 1.165) is 66.5 Å². The van der Waals surface area contributed by atoms with Crippen LogP contribution in [0, 0.1) is 46.3 Å². The first kappa shape index (κ1) is 29.2. The number of hydrogen-bond donors (Lipinski definition) is 1. The predicted octanol–water partition coefficient (Wildman–Crippen LogP) is 8.23. The number of nitrogens with zero attached hydrogens (tertiary/aromatic N) is 1. The molecule has 1 unspecified atom stereocenters. The van der Waals surface area contributed by atoms with Crippen molar-refractivity contribution in [2.45, 2.75) is 111 Å². The molecule has 0 radical (unpaired) electrons. The van der Waals surface area contributed by atoms with Gasteiger partial charge in [0, 0.05) is 24.9 Å². The van der Waals surface area contributed by atoms with Gasteiger partial charge in [-0.25, -0.2) is 0 Å². The van der Waals surface area contributed by atoms with Crippen LogP contribution in [-0.4, -0.2) is 37.6 Å². The highest BCUT2D eigenvalue weighted by atomic mass is 16.1. The Labute approximate surface area is 240 Å². The van der Waals surface area contributed by atoms with Gasteiger partial charge in [0.15, 0.2) is 0 Å². The standard InChI is InChI=1S/C36H58N2O/c1-27(15-20-34(39)37-24-11-25-38(4,5)26-28-12-7-6-8-13-28)31-18-19-32-30-17-16-29-14-9-10-22-35(29,2)33(30)21-23-36(31,32)3/h6-8,12-13,27,29-33H,9-11,14-26H2,1-5H3/p+1/t27-,29?,30+,31-,32+,33+,35+,36-/m1/s1. The number of carbonyl (C=O) groups excluding carboxylic acids is 1. The van der Waals surface area contributed by atoms with E-state index in [4.69, 9.17) is 0 Å². The summed E-state index contributed by atoms with van der Waals surface area (Å²) in [6.45, 7) is 10.8. The largest absolute Gasteiger partial charge is 0.356 e. The van der Waals surface area contributed by atoms with Gasteiger partial charge in [0.25, 0.3) is 0 Å². The molecule has 218 valence electrons. The van der Waals surface area contributed by atoms with Crippen molar-refractivity contribution in [2.24, 2.45) is 46.3 Å².